The summed E-state index contributed by atoms with van der Waals surface area (Å²) in [4.78, 5) is 11.4. The third-order valence-electron chi connectivity index (χ3n) is 3.62. The molecule has 0 fully saturated rings. The van der Waals surface area contributed by atoms with Crippen LogP contribution in [0.5, 0.6) is 0 Å². The standard InChI is InChI=1S/C16H17N7/c1-3-4-23-8-13(10(2)22-23)14-5-11(15-7-19-9-20-15)12(6-17)16(18)21-14/h5,7-9H,3-4H2,1-2H3,(H2,18,21)(H,19,20). The minimum atomic E-state index is 0.206. The maximum atomic E-state index is 9.37. The highest BCUT2D eigenvalue weighted by Gasteiger charge is 2.16. The molecule has 3 heterocycles. The minimum Gasteiger partial charge on any atom is -0.383 e. The molecule has 0 aliphatic rings. The Kier molecular flexibility index (Phi) is 3.81. The number of rotatable bonds is 4. The van der Waals surface area contributed by atoms with Crippen LogP contribution in [0.25, 0.3) is 22.5 Å². The van der Waals surface area contributed by atoms with Crippen LogP contribution in [0.1, 0.15) is 24.6 Å². The van der Waals surface area contributed by atoms with E-state index in [4.69, 9.17) is 5.73 Å². The van der Waals surface area contributed by atoms with Crippen molar-refractivity contribution in [2.45, 2.75) is 26.8 Å². The number of aryl methyl sites for hydroxylation is 2. The number of hydrogen-bond acceptors (Lipinski definition) is 5. The van der Waals surface area contributed by atoms with E-state index in [1.807, 2.05) is 23.9 Å². The number of nitrogens with one attached hydrogen (secondary N) is 1. The molecule has 116 valence electrons. The first kappa shape index (κ1) is 14.8. The van der Waals surface area contributed by atoms with Gasteiger partial charge in [-0.15, -0.1) is 0 Å². The summed E-state index contributed by atoms with van der Waals surface area (Å²) in [7, 11) is 0. The molecular formula is C16H17N7. The molecule has 3 aromatic rings. The highest BCUT2D eigenvalue weighted by molar-refractivity contribution is 5.78. The van der Waals surface area contributed by atoms with Crippen LogP contribution in [-0.2, 0) is 6.54 Å². The number of imidazole rings is 1. The molecule has 3 rings (SSSR count). The molecule has 0 saturated heterocycles. The summed E-state index contributed by atoms with van der Waals surface area (Å²) in [5.41, 5.74) is 10.3. The fraction of sp³-hybridized carbons (Fsp3) is 0.250. The van der Waals surface area contributed by atoms with Crippen molar-refractivity contribution in [3.05, 3.63) is 36.0 Å². The third-order valence-corrected chi connectivity index (χ3v) is 3.62. The minimum absolute atomic E-state index is 0.206. The second-order valence-corrected chi connectivity index (χ2v) is 5.28. The summed E-state index contributed by atoms with van der Waals surface area (Å²) in [6.07, 6.45) is 6.19. The van der Waals surface area contributed by atoms with Crippen LogP contribution in [-0.4, -0.2) is 24.7 Å². The normalized spacial score (nSPS) is 10.7. The molecule has 0 bridgehead atoms. The van der Waals surface area contributed by atoms with Gasteiger partial charge in [-0.2, -0.15) is 10.4 Å². The van der Waals surface area contributed by atoms with E-state index in [9.17, 15) is 5.26 Å². The van der Waals surface area contributed by atoms with Crippen LogP contribution in [0.4, 0.5) is 5.82 Å². The highest BCUT2D eigenvalue weighted by atomic mass is 15.3. The molecule has 3 aromatic heterocycles. The molecule has 7 heteroatoms. The summed E-state index contributed by atoms with van der Waals surface area (Å²) < 4.78 is 1.90. The lowest BCUT2D eigenvalue weighted by Crippen LogP contribution is -2.00. The Hall–Kier alpha value is -3.14. The van der Waals surface area contributed by atoms with Gasteiger partial charge in [-0.05, 0) is 19.4 Å². The molecule has 3 N–H and O–H groups in total. The van der Waals surface area contributed by atoms with Gasteiger partial charge in [0.15, 0.2) is 0 Å². The molecule has 0 aromatic carbocycles. The van der Waals surface area contributed by atoms with E-state index in [0.717, 1.165) is 29.9 Å². The second kappa shape index (κ2) is 5.93. The predicted octanol–water partition coefficient (Wildman–Crippen LogP) is 2.51. The quantitative estimate of drug-likeness (QED) is 0.769. The molecule has 0 unspecified atom stereocenters. The number of nitrogen functional groups attached to an aromatic ring is 1. The number of aromatic nitrogens is 5. The van der Waals surface area contributed by atoms with Crippen LogP contribution >= 0.6 is 0 Å². The van der Waals surface area contributed by atoms with Gasteiger partial charge in [0.05, 0.1) is 29.6 Å². The van der Waals surface area contributed by atoms with Crippen LogP contribution in [0.3, 0.4) is 0 Å². The van der Waals surface area contributed by atoms with Gasteiger partial charge >= 0.3 is 0 Å². The number of H-pyrrole nitrogens is 1. The van der Waals surface area contributed by atoms with E-state index in [1.54, 1.807) is 12.5 Å². The SMILES string of the molecule is CCCn1cc(-c2cc(-c3cnc[nH]3)c(C#N)c(N)n2)c(C)n1. The van der Waals surface area contributed by atoms with Gasteiger partial charge in [-0.1, -0.05) is 6.92 Å². The number of nitrogens with zero attached hydrogens (tertiary/aromatic N) is 5. The van der Waals surface area contributed by atoms with Crippen molar-refractivity contribution in [1.29, 1.82) is 5.26 Å². The van der Waals surface area contributed by atoms with E-state index in [1.165, 1.54) is 0 Å². The van der Waals surface area contributed by atoms with Crippen LogP contribution in [0, 0.1) is 18.3 Å². The Morgan fingerprint density at radius 1 is 1.39 bits per heavy atom. The van der Waals surface area contributed by atoms with Crippen LogP contribution in [0.2, 0.25) is 0 Å². The van der Waals surface area contributed by atoms with E-state index in [0.29, 0.717) is 16.8 Å². The van der Waals surface area contributed by atoms with Crippen molar-refractivity contribution in [3.8, 4) is 28.6 Å². The van der Waals surface area contributed by atoms with Crippen LogP contribution < -0.4 is 5.73 Å². The topological polar surface area (TPSA) is 109 Å². The average Bonchev–Trinajstić information content (AvgIpc) is 3.16. The molecule has 0 radical (unpaired) electrons. The summed E-state index contributed by atoms with van der Waals surface area (Å²) in [5.74, 6) is 0.206. The number of hydrogen-bond donors (Lipinski definition) is 2. The van der Waals surface area contributed by atoms with Gasteiger partial charge in [0.2, 0.25) is 0 Å². The summed E-state index contributed by atoms with van der Waals surface area (Å²) in [5, 5.41) is 13.9. The Morgan fingerprint density at radius 2 is 2.22 bits per heavy atom. The molecular weight excluding hydrogens is 290 g/mol. The summed E-state index contributed by atoms with van der Waals surface area (Å²) in [6, 6.07) is 3.96. The zero-order valence-corrected chi connectivity index (χ0v) is 13.0. The van der Waals surface area contributed by atoms with Gasteiger partial charge in [-0.3, -0.25) is 4.68 Å². The van der Waals surface area contributed by atoms with Gasteiger partial charge in [0, 0.05) is 23.9 Å². The number of nitrogens with two attached hydrogens (primary N) is 1. The van der Waals surface area contributed by atoms with E-state index < -0.39 is 0 Å². The summed E-state index contributed by atoms with van der Waals surface area (Å²) in [6.45, 7) is 4.89. The molecule has 0 amide bonds. The molecule has 0 atom stereocenters. The average molecular weight is 307 g/mol. The van der Waals surface area contributed by atoms with E-state index in [2.05, 4.69) is 33.0 Å². The number of nitriles is 1. The first-order valence-corrected chi connectivity index (χ1v) is 7.37. The smallest absolute Gasteiger partial charge is 0.142 e. The molecule has 0 saturated carbocycles. The zero-order valence-electron chi connectivity index (χ0n) is 13.0. The largest absolute Gasteiger partial charge is 0.383 e. The second-order valence-electron chi connectivity index (χ2n) is 5.28. The maximum absolute atomic E-state index is 9.37. The van der Waals surface area contributed by atoms with Gasteiger partial charge in [0.25, 0.3) is 0 Å². The van der Waals surface area contributed by atoms with Crippen molar-refractivity contribution in [2.75, 3.05) is 5.73 Å². The zero-order chi connectivity index (χ0) is 16.4. The van der Waals surface area contributed by atoms with Crippen molar-refractivity contribution in [3.63, 3.8) is 0 Å². The highest BCUT2D eigenvalue weighted by Crippen LogP contribution is 2.30. The van der Waals surface area contributed by atoms with Crippen molar-refractivity contribution >= 4 is 5.82 Å². The van der Waals surface area contributed by atoms with Crippen molar-refractivity contribution < 1.29 is 0 Å². The Balaban J connectivity index is 2.17. The lowest BCUT2D eigenvalue weighted by molar-refractivity contribution is 0.598. The van der Waals surface area contributed by atoms with Crippen molar-refractivity contribution in [2.24, 2.45) is 0 Å². The lowest BCUT2D eigenvalue weighted by Gasteiger charge is -2.07. The fourth-order valence-electron chi connectivity index (χ4n) is 2.55. The Morgan fingerprint density at radius 3 is 2.87 bits per heavy atom. The molecule has 0 spiro atoms. The molecule has 0 aliphatic heterocycles. The predicted molar refractivity (Wildman–Crippen MR) is 87.2 cm³/mol. The summed E-state index contributed by atoms with van der Waals surface area (Å²) >= 11 is 0. The molecule has 0 aliphatic carbocycles. The monoisotopic (exact) mass is 307 g/mol. The van der Waals surface area contributed by atoms with E-state index in [-0.39, 0.29) is 5.82 Å². The number of anilines is 1. The maximum Gasteiger partial charge on any atom is 0.142 e. The van der Waals surface area contributed by atoms with Gasteiger partial charge in [-0.25, -0.2) is 9.97 Å². The van der Waals surface area contributed by atoms with Crippen LogP contribution in [0.15, 0.2) is 24.8 Å². The fourth-order valence-corrected chi connectivity index (χ4v) is 2.55. The number of aromatic amines is 1. The van der Waals surface area contributed by atoms with Crippen molar-refractivity contribution in [1.82, 2.24) is 24.7 Å². The molecule has 23 heavy (non-hydrogen) atoms. The Bertz CT molecular complexity index is 869. The first-order chi connectivity index (χ1) is 11.1. The molecule has 7 nitrogen and oxygen atoms in total. The first-order valence-electron chi connectivity index (χ1n) is 7.37. The van der Waals surface area contributed by atoms with Gasteiger partial charge in [0.1, 0.15) is 17.5 Å². The van der Waals surface area contributed by atoms with Gasteiger partial charge < -0.3 is 10.7 Å². The number of pyridine rings is 1. The third kappa shape index (κ3) is 2.66. The van der Waals surface area contributed by atoms with E-state index >= 15 is 0 Å². The lowest BCUT2D eigenvalue weighted by atomic mass is 10.0. The Labute approximate surface area is 133 Å².